The van der Waals surface area contributed by atoms with Gasteiger partial charge >= 0.3 is 0 Å². The minimum absolute atomic E-state index is 0.0324. The number of hydrogen-bond acceptors (Lipinski definition) is 8. The van der Waals surface area contributed by atoms with Crippen LogP contribution >= 0.6 is 11.6 Å². The first-order chi connectivity index (χ1) is 19.0. The van der Waals surface area contributed by atoms with Crippen molar-refractivity contribution in [2.24, 2.45) is 5.92 Å². The summed E-state index contributed by atoms with van der Waals surface area (Å²) in [6, 6.07) is 3.52. The molecule has 0 aromatic carbocycles. The number of pyridine rings is 1. The maximum absolute atomic E-state index is 13.5. The lowest BCUT2D eigenvalue weighted by Gasteiger charge is -2.34. The second kappa shape index (κ2) is 14.4. The number of unbranched alkanes of at least 4 members (excludes halogenated alkanes) is 1. The number of likely N-dealkylation sites (tertiary alicyclic amines) is 1. The quantitative estimate of drug-likeness (QED) is 0.289. The van der Waals surface area contributed by atoms with Crippen LogP contribution in [0.2, 0.25) is 5.15 Å². The van der Waals surface area contributed by atoms with Gasteiger partial charge in [-0.05, 0) is 71.0 Å². The van der Waals surface area contributed by atoms with Gasteiger partial charge in [0.15, 0.2) is 5.69 Å². The number of carbonyl (C=O) groups is 2. The molecule has 2 aliphatic rings. The van der Waals surface area contributed by atoms with E-state index in [1.807, 2.05) is 13.8 Å². The molecule has 0 unspecified atom stereocenters. The number of anilines is 1. The second-order valence-corrected chi connectivity index (χ2v) is 10.3. The summed E-state index contributed by atoms with van der Waals surface area (Å²) in [7, 11) is 0. The van der Waals surface area contributed by atoms with Crippen molar-refractivity contribution in [2.75, 3.05) is 44.3 Å². The molecule has 1 aliphatic carbocycles. The normalized spacial score (nSPS) is 16.4. The molecule has 0 spiro atoms. The number of aromatic nitrogens is 3. The highest BCUT2D eigenvalue weighted by Crippen LogP contribution is 2.38. The molecular weight excluding hydrogens is 520 g/mol. The van der Waals surface area contributed by atoms with Crippen molar-refractivity contribution in [3.8, 4) is 11.8 Å². The molecule has 11 heteroatoms. The number of halogens is 1. The summed E-state index contributed by atoms with van der Waals surface area (Å²) in [5.41, 5.74) is 0.953. The monoisotopic (exact) mass is 558 g/mol. The highest BCUT2D eigenvalue weighted by molar-refractivity contribution is 6.32. The predicted molar refractivity (Wildman–Crippen MR) is 149 cm³/mol. The number of piperidine rings is 1. The third-order valence-electron chi connectivity index (χ3n) is 7.34. The molecule has 39 heavy (non-hydrogen) atoms. The van der Waals surface area contributed by atoms with Gasteiger partial charge in [0, 0.05) is 37.8 Å². The summed E-state index contributed by atoms with van der Waals surface area (Å²) >= 11 is 6.06. The SMILES string of the molecule is CCOc1ncnc(OCC)c1N(CCCCN1CCC(NC(=O)c2cccnc2Cl)CC1)C(=O)C1CCC1. The van der Waals surface area contributed by atoms with E-state index in [0.29, 0.717) is 42.8 Å². The predicted octanol–water partition coefficient (Wildman–Crippen LogP) is 4.13. The fraction of sp³-hybridized carbons (Fsp3) is 0.607. The van der Waals surface area contributed by atoms with E-state index in [9.17, 15) is 9.59 Å². The van der Waals surface area contributed by atoms with Crippen LogP contribution in [0.4, 0.5) is 5.69 Å². The summed E-state index contributed by atoms with van der Waals surface area (Å²) in [6.45, 7) is 7.97. The lowest BCUT2D eigenvalue weighted by atomic mass is 9.84. The zero-order chi connectivity index (χ0) is 27.6. The van der Waals surface area contributed by atoms with Crippen molar-refractivity contribution < 1.29 is 19.1 Å². The zero-order valence-electron chi connectivity index (χ0n) is 22.9. The Balaban J connectivity index is 1.30. The van der Waals surface area contributed by atoms with Crippen molar-refractivity contribution in [3.05, 3.63) is 35.4 Å². The minimum Gasteiger partial charge on any atom is -0.476 e. The maximum atomic E-state index is 13.5. The van der Waals surface area contributed by atoms with Gasteiger partial charge in [-0.2, -0.15) is 9.97 Å². The fourth-order valence-electron chi connectivity index (χ4n) is 5.00. The van der Waals surface area contributed by atoms with Gasteiger partial charge in [0.05, 0.1) is 18.8 Å². The number of amides is 2. The van der Waals surface area contributed by atoms with Crippen LogP contribution in [0.3, 0.4) is 0 Å². The van der Waals surface area contributed by atoms with E-state index in [0.717, 1.165) is 64.6 Å². The van der Waals surface area contributed by atoms with E-state index in [4.69, 9.17) is 21.1 Å². The molecule has 212 valence electrons. The Bertz CT molecular complexity index is 1080. The van der Waals surface area contributed by atoms with Crippen LogP contribution in [0.5, 0.6) is 11.8 Å². The van der Waals surface area contributed by atoms with E-state index < -0.39 is 0 Å². The van der Waals surface area contributed by atoms with E-state index >= 15 is 0 Å². The van der Waals surface area contributed by atoms with Gasteiger partial charge < -0.3 is 24.6 Å². The highest BCUT2D eigenvalue weighted by atomic mass is 35.5. The van der Waals surface area contributed by atoms with Crippen LogP contribution in [-0.2, 0) is 4.79 Å². The number of carbonyl (C=O) groups excluding carboxylic acids is 2. The van der Waals surface area contributed by atoms with Crippen molar-refractivity contribution in [3.63, 3.8) is 0 Å². The topological polar surface area (TPSA) is 110 Å². The Morgan fingerprint density at radius 3 is 2.33 bits per heavy atom. The second-order valence-electron chi connectivity index (χ2n) is 9.95. The molecule has 2 fully saturated rings. The summed E-state index contributed by atoms with van der Waals surface area (Å²) < 4.78 is 11.6. The smallest absolute Gasteiger partial charge is 0.254 e. The lowest BCUT2D eigenvalue weighted by Crippen LogP contribution is -2.45. The van der Waals surface area contributed by atoms with Gasteiger partial charge in [-0.25, -0.2) is 4.98 Å². The molecule has 0 bridgehead atoms. The highest BCUT2D eigenvalue weighted by Gasteiger charge is 2.34. The van der Waals surface area contributed by atoms with E-state index in [1.54, 1.807) is 23.2 Å². The Labute approximate surface area is 235 Å². The average molecular weight is 559 g/mol. The number of rotatable bonds is 13. The Hall–Kier alpha value is -2.98. The van der Waals surface area contributed by atoms with Gasteiger partial charge in [0.25, 0.3) is 5.91 Å². The van der Waals surface area contributed by atoms with Crippen LogP contribution in [-0.4, -0.2) is 77.1 Å². The van der Waals surface area contributed by atoms with Crippen molar-refractivity contribution in [2.45, 2.75) is 64.8 Å². The first-order valence-electron chi connectivity index (χ1n) is 14.1. The van der Waals surface area contributed by atoms with Gasteiger partial charge in [-0.3, -0.25) is 9.59 Å². The third-order valence-corrected chi connectivity index (χ3v) is 7.64. The van der Waals surface area contributed by atoms with Gasteiger partial charge in [0.2, 0.25) is 17.7 Å². The molecule has 4 rings (SSSR count). The Morgan fingerprint density at radius 1 is 1.05 bits per heavy atom. The van der Waals surface area contributed by atoms with Crippen LogP contribution < -0.4 is 19.7 Å². The van der Waals surface area contributed by atoms with E-state index in [-0.39, 0.29) is 28.9 Å². The summed E-state index contributed by atoms with van der Waals surface area (Å²) in [6.07, 6.45) is 9.44. The number of nitrogens with zero attached hydrogens (tertiary/aromatic N) is 5. The van der Waals surface area contributed by atoms with Crippen LogP contribution in [0.1, 0.15) is 69.2 Å². The molecule has 0 radical (unpaired) electrons. The average Bonchev–Trinajstić information content (AvgIpc) is 2.90. The fourth-order valence-corrected chi connectivity index (χ4v) is 5.20. The standard InChI is InChI=1S/C28H39ClN6O4/c1-3-38-26-23(27(39-4-2)32-19-31-26)35(28(37)20-9-7-10-20)16-6-5-15-34-17-12-21(13-18-34)33-25(36)22-11-8-14-30-24(22)29/h8,11,14,19-21H,3-7,9-10,12-13,15-18H2,1-2H3,(H,33,36). The first-order valence-corrected chi connectivity index (χ1v) is 14.4. The van der Waals surface area contributed by atoms with Gasteiger partial charge in [-0.1, -0.05) is 18.0 Å². The summed E-state index contributed by atoms with van der Waals surface area (Å²) in [5.74, 6) is 0.735. The molecular formula is C28H39ClN6O4. The molecule has 1 saturated heterocycles. The van der Waals surface area contributed by atoms with E-state index in [2.05, 4.69) is 25.2 Å². The molecule has 1 aliphatic heterocycles. The summed E-state index contributed by atoms with van der Waals surface area (Å²) in [5, 5.41) is 3.32. The van der Waals surface area contributed by atoms with E-state index in [1.165, 1.54) is 6.33 Å². The number of nitrogens with one attached hydrogen (secondary N) is 1. The minimum atomic E-state index is -0.175. The molecule has 1 saturated carbocycles. The lowest BCUT2D eigenvalue weighted by molar-refractivity contribution is -0.124. The van der Waals surface area contributed by atoms with Crippen LogP contribution in [0.25, 0.3) is 0 Å². The Kier molecular flexibility index (Phi) is 10.7. The summed E-state index contributed by atoms with van der Waals surface area (Å²) in [4.78, 5) is 42.9. The first kappa shape index (κ1) is 29.0. The Morgan fingerprint density at radius 2 is 1.74 bits per heavy atom. The molecule has 2 aromatic rings. The van der Waals surface area contributed by atoms with Crippen LogP contribution in [0.15, 0.2) is 24.7 Å². The zero-order valence-corrected chi connectivity index (χ0v) is 23.7. The van der Waals surface area contributed by atoms with Crippen molar-refractivity contribution in [1.29, 1.82) is 0 Å². The maximum Gasteiger partial charge on any atom is 0.254 e. The third kappa shape index (κ3) is 7.57. The van der Waals surface area contributed by atoms with Crippen molar-refractivity contribution >= 4 is 29.1 Å². The number of ether oxygens (including phenoxy) is 2. The molecule has 1 N–H and O–H groups in total. The molecule has 2 amide bonds. The molecule has 10 nitrogen and oxygen atoms in total. The van der Waals surface area contributed by atoms with Gasteiger partial charge in [0.1, 0.15) is 11.5 Å². The van der Waals surface area contributed by atoms with Gasteiger partial charge in [-0.15, -0.1) is 0 Å². The molecule has 0 atom stereocenters. The molecule has 3 heterocycles. The van der Waals surface area contributed by atoms with Crippen LogP contribution in [0, 0.1) is 5.92 Å². The molecule has 2 aromatic heterocycles. The largest absolute Gasteiger partial charge is 0.476 e. The number of hydrogen-bond donors (Lipinski definition) is 1. The van der Waals surface area contributed by atoms with Crippen molar-refractivity contribution in [1.82, 2.24) is 25.2 Å².